The number of rotatable bonds is 9. The van der Waals surface area contributed by atoms with Crippen LogP contribution < -0.4 is 0 Å². The fourth-order valence-corrected chi connectivity index (χ4v) is 2.63. The topological polar surface area (TPSA) is 43.5 Å². The van der Waals surface area contributed by atoms with Crippen LogP contribution in [0.5, 0.6) is 0 Å². The summed E-state index contributed by atoms with van der Waals surface area (Å²) in [5.41, 5.74) is 2.51. The Labute approximate surface area is 136 Å². The minimum atomic E-state index is 0.322. The maximum atomic E-state index is 5.67. The fraction of sp³-hybridized carbons (Fsp3) is 0.474. The molecule has 0 amide bonds. The van der Waals surface area contributed by atoms with Crippen molar-refractivity contribution in [3.8, 4) is 0 Å². The molecule has 2 fully saturated rings. The van der Waals surface area contributed by atoms with E-state index in [1.807, 2.05) is 0 Å². The minimum absolute atomic E-state index is 0.322. The molecule has 0 spiro atoms. The Morgan fingerprint density at radius 2 is 1.48 bits per heavy atom. The summed E-state index contributed by atoms with van der Waals surface area (Å²) >= 11 is 0. The SMILES string of the molecule is c1cc2ccc(COCC3CO3)cc2cc1CCOCC1CO1. The van der Waals surface area contributed by atoms with Crippen molar-refractivity contribution in [2.75, 3.05) is 33.0 Å². The van der Waals surface area contributed by atoms with Crippen LogP contribution in [-0.2, 0) is 32.0 Å². The first kappa shape index (κ1) is 15.1. The Morgan fingerprint density at radius 1 is 0.826 bits per heavy atom. The zero-order valence-corrected chi connectivity index (χ0v) is 13.2. The average Bonchev–Trinajstić information content (AvgIpc) is 3.45. The normalized spacial score (nSPS) is 22.4. The molecule has 2 aromatic carbocycles. The van der Waals surface area contributed by atoms with Gasteiger partial charge in [0.05, 0.1) is 39.6 Å². The molecule has 4 heteroatoms. The van der Waals surface area contributed by atoms with Gasteiger partial charge < -0.3 is 18.9 Å². The van der Waals surface area contributed by atoms with Gasteiger partial charge in [-0.15, -0.1) is 0 Å². The van der Waals surface area contributed by atoms with Gasteiger partial charge in [-0.25, -0.2) is 0 Å². The van der Waals surface area contributed by atoms with Gasteiger partial charge in [0.1, 0.15) is 12.2 Å². The summed E-state index contributed by atoms with van der Waals surface area (Å²) in [6.45, 7) is 4.50. The second-order valence-corrected chi connectivity index (χ2v) is 6.27. The van der Waals surface area contributed by atoms with E-state index in [0.717, 1.165) is 32.8 Å². The molecule has 0 N–H and O–H groups in total. The van der Waals surface area contributed by atoms with Crippen molar-refractivity contribution in [3.63, 3.8) is 0 Å². The highest BCUT2D eigenvalue weighted by atomic mass is 16.6. The van der Waals surface area contributed by atoms with Gasteiger partial charge in [-0.1, -0.05) is 30.3 Å². The molecule has 0 saturated carbocycles. The van der Waals surface area contributed by atoms with Crippen LogP contribution in [0.15, 0.2) is 36.4 Å². The third kappa shape index (κ3) is 4.52. The molecule has 0 bridgehead atoms. The van der Waals surface area contributed by atoms with E-state index < -0.39 is 0 Å². The average molecular weight is 314 g/mol. The van der Waals surface area contributed by atoms with Crippen LogP contribution in [0.2, 0.25) is 0 Å². The lowest BCUT2D eigenvalue weighted by atomic mass is 10.0. The van der Waals surface area contributed by atoms with E-state index in [9.17, 15) is 0 Å². The first-order chi connectivity index (χ1) is 11.4. The molecule has 2 heterocycles. The molecule has 2 unspecified atom stereocenters. The number of benzene rings is 2. The van der Waals surface area contributed by atoms with Crippen LogP contribution in [0, 0.1) is 0 Å². The molecule has 0 aromatic heterocycles. The van der Waals surface area contributed by atoms with Gasteiger partial charge in [0.2, 0.25) is 0 Å². The maximum Gasteiger partial charge on any atom is 0.104 e. The first-order valence-electron chi connectivity index (χ1n) is 8.27. The van der Waals surface area contributed by atoms with Gasteiger partial charge in [0.25, 0.3) is 0 Å². The Kier molecular flexibility index (Phi) is 4.57. The third-order valence-corrected chi connectivity index (χ3v) is 4.19. The molecule has 2 aromatic rings. The molecular formula is C19H22O4. The summed E-state index contributed by atoms with van der Waals surface area (Å²) in [5, 5.41) is 2.52. The van der Waals surface area contributed by atoms with Crippen molar-refractivity contribution in [3.05, 3.63) is 47.5 Å². The number of ether oxygens (including phenoxy) is 4. The molecule has 2 aliphatic rings. The highest BCUT2D eigenvalue weighted by molar-refractivity contribution is 5.83. The number of hydrogen-bond donors (Lipinski definition) is 0. The number of fused-ring (bicyclic) bond motifs is 1. The van der Waals surface area contributed by atoms with E-state index in [2.05, 4.69) is 36.4 Å². The molecule has 0 aliphatic carbocycles. The minimum Gasteiger partial charge on any atom is -0.378 e. The lowest BCUT2D eigenvalue weighted by molar-refractivity contribution is 0.104. The van der Waals surface area contributed by atoms with Crippen molar-refractivity contribution >= 4 is 10.8 Å². The molecule has 0 radical (unpaired) electrons. The maximum absolute atomic E-state index is 5.67. The van der Waals surface area contributed by atoms with Crippen LogP contribution in [0.3, 0.4) is 0 Å². The lowest BCUT2D eigenvalue weighted by Crippen LogP contribution is -2.04. The monoisotopic (exact) mass is 314 g/mol. The van der Waals surface area contributed by atoms with Crippen LogP contribution in [0.1, 0.15) is 11.1 Å². The summed E-state index contributed by atoms with van der Waals surface area (Å²) in [7, 11) is 0. The smallest absolute Gasteiger partial charge is 0.104 e. The number of epoxide rings is 2. The zero-order chi connectivity index (χ0) is 15.5. The van der Waals surface area contributed by atoms with Crippen LogP contribution in [0.4, 0.5) is 0 Å². The Balaban J connectivity index is 1.34. The highest BCUT2D eigenvalue weighted by Crippen LogP contribution is 2.20. The molecule has 2 atom stereocenters. The fourth-order valence-electron chi connectivity index (χ4n) is 2.63. The second-order valence-electron chi connectivity index (χ2n) is 6.27. The van der Waals surface area contributed by atoms with Crippen molar-refractivity contribution in [2.24, 2.45) is 0 Å². The van der Waals surface area contributed by atoms with Gasteiger partial charge in [-0.05, 0) is 34.4 Å². The summed E-state index contributed by atoms with van der Waals surface area (Å²) in [6, 6.07) is 13.1. The van der Waals surface area contributed by atoms with Gasteiger partial charge >= 0.3 is 0 Å². The molecular weight excluding hydrogens is 292 g/mol. The molecule has 2 saturated heterocycles. The quantitative estimate of drug-likeness (QED) is 0.527. The second kappa shape index (κ2) is 6.97. The standard InChI is InChI=1S/C19H22O4/c1-3-16-4-2-15(9-21-11-19-13-23-19)8-17(16)7-14(1)5-6-20-10-18-12-22-18/h1-4,7-8,18-19H,5-6,9-13H2. The van der Waals surface area contributed by atoms with E-state index in [1.54, 1.807) is 0 Å². The Morgan fingerprint density at radius 3 is 2.22 bits per heavy atom. The first-order valence-corrected chi connectivity index (χ1v) is 8.27. The van der Waals surface area contributed by atoms with Crippen LogP contribution >= 0.6 is 0 Å². The largest absolute Gasteiger partial charge is 0.378 e. The van der Waals surface area contributed by atoms with Gasteiger partial charge in [-0.2, -0.15) is 0 Å². The molecule has 4 rings (SSSR count). The van der Waals surface area contributed by atoms with E-state index in [-0.39, 0.29) is 0 Å². The molecule has 23 heavy (non-hydrogen) atoms. The molecule has 4 nitrogen and oxygen atoms in total. The predicted octanol–water partition coefficient (Wildman–Crippen LogP) is 2.71. The highest BCUT2D eigenvalue weighted by Gasteiger charge is 2.22. The van der Waals surface area contributed by atoms with E-state index in [1.165, 1.54) is 21.9 Å². The molecule has 2 aliphatic heterocycles. The van der Waals surface area contributed by atoms with Crippen molar-refractivity contribution in [1.29, 1.82) is 0 Å². The summed E-state index contributed by atoms with van der Waals surface area (Å²) < 4.78 is 21.6. The molecule has 122 valence electrons. The van der Waals surface area contributed by atoms with Crippen molar-refractivity contribution in [1.82, 2.24) is 0 Å². The Hall–Kier alpha value is -1.46. The van der Waals surface area contributed by atoms with Crippen LogP contribution in [0.25, 0.3) is 10.8 Å². The van der Waals surface area contributed by atoms with Crippen LogP contribution in [-0.4, -0.2) is 45.2 Å². The van der Waals surface area contributed by atoms with Crippen molar-refractivity contribution in [2.45, 2.75) is 25.2 Å². The van der Waals surface area contributed by atoms with Gasteiger partial charge in [0, 0.05) is 0 Å². The zero-order valence-electron chi connectivity index (χ0n) is 13.2. The Bertz CT molecular complexity index is 661. The van der Waals surface area contributed by atoms with E-state index in [0.29, 0.717) is 25.4 Å². The van der Waals surface area contributed by atoms with E-state index >= 15 is 0 Å². The lowest BCUT2D eigenvalue weighted by Gasteiger charge is -2.07. The summed E-state index contributed by atoms with van der Waals surface area (Å²) in [6.07, 6.45) is 1.60. The summed E-state index contributed by atoms with van der Waals surface area (Å²) in [4.78, 5) is 0. The van der Waals surface area contributed by atoms with Gasteiger partial charge in [0.15, 0.2) is 0 Å². The third-order valence-electron chi connectivity index (χ3n) is 4.19. The predicted molar refractivity (Wildman–Crippen MR) is 87.6 cm³/mol. The summed E-state index contributed by atoms with van der Waals surface area (Å²) in [5.74, 6) is 0. The van der Waals surface area contributed by atoms with Crippen molar-refractivity contribution < 1.29 is 18.9 Å². The number of hydrogen-bond acceptors (Lipinski definition) is 4. The van der Waals surface area contributed by atoms with E-state index in [4.69, 9.17) is 18.9 Å². The van der Waals surface area contributed by atoms with Gasteiger partial charge in [-0.3, -0.25) is 0 Å².